The largest absolute Gasteiger partial charge is 0.493 e. The summed E-state index contributed by atoms with van der Waals surface area (Å²) in [6, 6.07) is 12.8. The van der Waals surface area contributed by atoms with E-state index in [9.17, 15) is 9.59 Å². The van der Waals surface area contributed by atoms with Crippen LogP contribution < -0.4 is 24.4 Å². The maximum absolute atomic E-state index is 12.7. The summed E-state index contributed by atoms with van der Waals surface area (Å²) in [6.07, 6.45) is 4.48. The number of pyridine rings is 1. The lowest BCUT2D eigenvalue weighted by Crippen LogP contribution is -2.17. The molecule has 164 valence electrons. The van der Waals surface area contributed by atoms with E-state index in [0.29, 0.717) is 34.1 Å². The molecule has 0 unspecified atom stereocenters. The SMILES string of the molecule is COc1cc(C(=O)Oc2cccc(/C=N\NC(=O)c3ccncc3)c2)cc(OC)c1OC. The number of aromatic nitrogens is 1. The van der Waals surface area contributed by atoms with E-state index in [1.807, 2.05) is 0 Å². The number of ether oxygens (including phenoxy) is 4. The maximum Gasteiger partial charge on any atom is 0.343 e. The number of methoxy groups -OCH3 is 3. The predicted molar refractivity (Wildman–Crippen MR) is 117 cm³/mol. The Hall–Kier alpha value is -4.40. The van der Waals surface area contributed by atoms with E-state index in [0.717, 1.165) is 0 Å². The molecule has 9 nitrogen and oxygen atoms in total. The van der Waals surface area contributed by atoms with Crippen molar-refractivity contribution in [1.29, 1.82) is 0 Å². The molecule has 2 aromatic carbocycles. The third-order valence-electron chi connectivity index (χ3n) is 4.29. The Morgan fingerprint density at radius 1 is 0.906 bits per heavy atom. The van der Waals surface area contributed by atoms with Gasteiger partial charge in [-0.3, -0.25) is 9.78 Å². The number of nitrogens with one attached hydrogen (secondary N) is 1. The molecule has 0 saturated heterocycles. The minimum Gasteiger partial charge on any atom is -0.493 e. The van der Waals surface area contributed by atoms with Crippen molar-refractivity contribution in [3.8, 4) is 23.0 Å². The number of rotatable bonds is 8. The van der Waals surface area contributed by atoms with Crippen LogP contribution in [0.4, 0.5) is 0 Å². The Morgan fingerprint density at radius 3 is 2.22 bits per heavy atom. The zero-order chi connectivity index (χ0) is 22.9. The van der Waals surface area contributed by atoms with Crippen LogP contribution in [0, 0.1) is 0 Å². The van der Waals surface area contributed by atoms with Crippen molar-refractivity contribution in [3.63, 3.8) is 0 Å². The molecule has 0 fully saturated rings. The highest BCUT2D eigenvalue weighted by atomic mass is 16.5. The maximum atomic E-state index is 12.7. The predicted octanol–water partition coefficient (Wildman–Crippen LogP) is 3.09. The lowest BCUT2D eigenvalue weighted by Gasteiger charge is -2.13. The second kappa shape index (κ2) is 10.6. The number of amides is 1. The van der Waals surface area contributed by atoms with E-state index in [1.165, 1.54) is 52.1 Å². The third-order valence-corrected chi connectivity index (χ3v) is 4.29. The van der Waals surface area contributed by atoms with Crippen LogP contribution in [0.1, 0.15) is 26.3 Å². The summed E-state index contributed by atoms with van der Waals surface area (Å²) in [5.74, 6) is 0.374. The molecular weight excluding hydrogens is 414 g/mol. The van der Waals surface area contributed by atoms with Gasteiger partial charge in [-0.2, -0.15) is 5.10 Å². The van der Waals surface area contributed by atoms with Gasteiger partial charge in [0, 0.05) is 18.0 Å². The van der Waals surface area contributed by atoms with Crippen molar-refractivity contribution in [1.82, 2.24) is 10.4 Å². The summed E-state index contributed by atoms with van der Waals surface area (Å²) in [5.41, 5.74) is 3.71. The minimum absolute atomic E-state index is 0.225. The summed E-state index contributed by atoms with van der Waals surface area (Å²) in [4.78, 5) is 28.5. The molecule has 1 heterocycles. The van der Waals surface area contributed by atoms with Crippen molar-refractivity contribution in [2.24, 2.45) is 5.10 Å². The molecule has 1 aromatic heterocycles. The van der Waals surface area contributed by atoms with Crippen molar-refractivity contribution < 1.29 is 28.5 Å². The van der Waals surface area contributed by atoms with Gasteiger partial charge in [-0.1, -0.05) is 12.1 Å². The number of hydrogen-bond donors (Lipinski definition) is 1. The van der Waals surface area contributed by atoms with E-state index in [-0.39, 0.29) is 11.5 Å². The van der Waals surface area contributed by atoms with Gasteiger partial charge in [-0.25, -0.2) is 10.2 Å². The molecule has 0 aliphatic heterocycles. The molecule has 9 heteroatoms. The minimum atomic E-state index is -0.607. The molecular formula is C23H21N3O6. The number of esters is 1. The van der Waals surface area contributed by atoms with Crippen LogP contribution >= 0.6 is 0 Å². The summed E-state index contributed by atoms with van der Waals surface area (Å²) in [7, 11) is 4.40. The lowest BCUT2D eigenvalue weighted by atomic mass is 10.1. The Bertz CT molecular complexity index is 1110. The average molecular weight is 435 g/mol. The van der Waals surface area contributed by atoms with Crippen LogP contribution in [0.2, 0.25) is 0 Å². The van der Waals surface area contributed by atoms with E-state index in [1.54, 1.807) is 36.4 Å². The van der Waals surface area contributed by atoms with Crippen LogP contribution in [0.3, 0.4) is 0 Å². The molecule has 0 radical (unpaired) electrons. The molecule has 0 spiro atoms. The number of nitrogens with zero attached hydrogens (tertiary/aromatic N) is 2. The second-order valence-corrected chi connectivity index (χ2v) is 6.31. The first-order chi connectivity index (χ1) is 15.5. The van der Waals surface area contributed by atoms with Crippen LogP contribution in [0.25, 0.3) is 0 Å². The number of hydrazone groups is 1. The standard InChI is InChI=1S/C23H21N3O6/c1-29-19-12-17(13-20(30-2)21(19)31-3)23(28)32-18-6-4-5-15(11-18)14-25-26-22(27)16-7-9-24-10-8-16/h4-14H,1-3H3,(H,26,27)/b25-14-. The van der Waals surface area contributed by atoms with Gasteiger partial charge in [0.05, 0.1) is 33.1 Å². The smallest absolute Gasteiger partial charge is 0.343 e. The Kier molecular flexibility index (Phi) is 7.37. The van der Waals surface area contributed by atoms with Crippen LogP contribution in [-0.2, 0) is 0 Å². The fourth-order valence-electron chi connectivity index (χ4n) is 2.76. The van der Waals surface area contributed by atoms with Crippen LogP contribution in [-0.4, -0.2) is 44.4 Å². The first-order valence-corrected chi connectivity index (χ1v) is 9.41. The third kappa shape index (κ3) is 5.39. The fourth-order valence-corrected chi connectivity index (χ4v) is 2.76. The van der Waals surface area contributed by atoms with Crippen molar-refractivity contribution >= 4 is 18.1 Å². The van der Waals surface area contributed by atoms with Gasteiger partial charge in [0.2, 0.25) is 5.75 Å². The molecule has 0 saturated carbocycles. The summed E-state index contributed by atoms with van der Waals surface area (Å²) in [5, 5.41) is 3.93. The van der Waals surface area contributed by atoms with Gasteiger partial charge < -0.3 is 18.9 Å². The Balaban J connectivity index is 1.70. The summed E-state index contributed by atoms with van der Waals surface area (Å²) >= 11 is 0. The zero-order valence-electron chi connectivity index (χ0n) is 17.7. The molecule has 3 rings (SSSR count). The molecule has 0 atom stereocenters. The van der Waals surface area contributed by atoms with E-state index in [4.69, 9.17) is 18.9 Å². The Morgan fingerprint density at radius 2 is 1.59 bits per heavy atom. The van der Waals surface area contributed by atoms with E-state index < -0.39 is 5.97 Å². The second-order valence-electron chi connectivity index (χ2n) is 6.31. The molecule has 0 aliphatic carbocycles. The van der Waals surface area contributed by atoms with Gasteiger partial charge >= 0.3 is 5.97 Å². The monoisotopic (exact) mass is 435 g/mol. The van der Waals surface area contributed by atoms with Crippen molar-refractivity contribution in [2.75, 3.05) is 21.3 Å². The average Bonchev–Trinajstić information content (AvgIpc) is 2.83. The molecule has 1 N–H and O–H groups in total. The van der Waals surface area contributed by atoms with Gasteiger partial charge in [-0.15, -0.1) is 0 Å². The Labute approximate surface area is 184 Å². The van der Waals surface area contributed by atoms with E-state index >= 15 is 0 Å². The zero-order valence-corrected chi connectivity index (χ0v) is 17.7. The highest BCUT2D eigenvalue weighted by molar-refractivity contribution is 5.95. The molecule has 0 bridgehead atoms. The highest BCUT2D eigenvalue weighted by Gasteiger charge is 2.18. The van der Waals surface area contributed by atoms with Crippen molar-refractivity contribution in [3.05, 3.63) is 77.6 Å². The molecule has 32 heavy (non-hydrogen) atoms. The van der Waals surface area contributed by atoms with Gasteiger partial charge in [0.1, 0.15) is 5.75 Å². The number of carbonyl (C=O) groups is 2. The fraction of sp³-hybridized carbons (Fsp3) is 0.130. The summed E-state index contributed by atoms with van der Waals surface area (Å²) in [6.45, 7) is 0. The van der Waals surface area contributed by atoms with Crippen molar-refractivity contribution in [2.45, 2.75) is 0 Å². The lowest BCUT2D eigenvalue weighted by molar-refractivity contribution is 0.0733. The van der Waals surface area contributed by atoms with Gasteiger partial charge in [0.25, 0.3) is 5.91 Å². The number of hydrogen-bond acceptors (Lipinski definition) is 8. The van der Waals surface area contributed by atoms with Crippen LogP contribution in [0.15, 0.2) is 66.0 Å². The topological polar surface area (TPSA) is 108 Å². The molecule has 3 aromatic rings. The number of benzene rings is 2. The first-order valence-electron chi connectivity index (χ1n) is 9.41. The first kappa shape index (κ1) is 22.3. The normalized spacial score (nSPS) is 10.5. The number of carbonyl (C=O) groups excluding carboxylic acids is 2. The quantitative estimate of drug-likeness (QED) is 0.251. The van der Waals surface area contributed by atoms with Gasteiger partial charge in [0.15, 0.2) is 11.5 Å². The molecule has 1 amide bonds. The highest BCUT2D eigenvalue weighted by Crippen LogP contribution is 2.38. The van der Waals surface area contributed by atoms with Gasteiger partial charge in [-0.05, 0) is 42.0 Å². The molecule has 0 aliphatic rings. The summed E-state index contributed by atoms with van der Waals surface area (Å²) < 4.78 is 21.3. The van der Waals surface area contributed by atoms with Crippen LogP contribution in [0.5, 0.6) is 23.0 Å². The van der Waals surface area contributed by atoms with E-state index in [2.05, 4.69) is 15.5 Å².